The maximum atomic E-state index is 11.1. The van der Waals surface area contributed by atoms with Crippen molar-refractivity contribution in [1.29, 1.82) is 0 Å². The van der Waals surface area contributed by atoms with Gasteiger partial charge in [0.15, 0.2) is 17.6 Å². The Hall–Kier alpha value is -1.75. The third-order valence-corrected chi connectivity index (χ3v) is 1.88. The maximum Gasteiger partial charge on any atom is 0.274 e. The highest BCUT2D eigenvalue weighted by molar-refractivity contribution is 5.80. The molecule has 1 aromatic rings. The largest absolute Gasteiger partial charge is 0.493 e. The molecule has 0 spiro atoms. The first kappa shape index (κ1) is 11.3. The Labute approximate surface area is 88.1 Å². The van der Waals surface area contributed by atoms with Crippen LogP contribution >= 0.6 is 0 Å². The van der Waals surface area contributed by atoms with Gasteiger partial charge in [-0.3, -0.25) is 10.2 Å². The number of hydrazine groups is 1. The predicted molar refractivity (Wildman–Crippen MR) is 55.4 cm³/mol. The van der Waals surface area contributed by atoms with Crippen LogP contribution in [0.3, 0.4) is 0 Å². The molecule has 0 saturated heterocycles. The van der Waals surface area contributed by atoms with E-state index >= 15 is 0 Å². The molecule has 1 amide bonds. The van der Waals surface area contributed by atoms with Crippen LogP contribution in [-0.4, -0.2) is 19.1 Å². The van der Waals surface area contributed by atoms with E-state index in [1.165, 1.54) is 7.11 Å². The molecule has 5 nitrogen and oxygen atoms in total. The van der Waals surface area contributed by atoms with Gasteiger partial charge in [-0.05, 0) is 19.1 Å². The number of rotatable bonds is 4. The molecule has 15 heavy (non-hydrogen) atoms. The van der Waals surface area contributed by atoms with Gasteiger partial charge in [0.1, 0.15) is 0 Å². The number of nitrogens with one attached hydrogen (secondary N) is 1. The minimum Gasteiger partial charge on any atom is -0.493 e. The summed E-state index contributed by atoms with van der Waals surface area (Å²) in [5.41, 5.74) is 2.02. The first-order valence-corrected chi connectivity index (χ1v) is 4.49. The molecule has 0 aliphatic carbocycles. The number of nitrogens with two attached hydrogens (primary N) is 1. The first-order chi connectivity index (χ1) is 7.19. The number of benzene rings is 1. The number of hydrogen-bond acceptors (Lipinski definition) is 4. The number of amides is 1. The quantitative estimate of drug-likeness (QED) is 0.430. The third-order valence-electron chi connectivity index (χ3n) is 1.88. The second-order valence-corrected chi connectivity index (χ2v) is 2.92. The van der Waals surface area contributed by atoms with E-state index < -0.39 is 6.10 Å². The lowest BCUT2D eigenvalue weighted by molar-refractivity contribution is -0.127. The van der Waals surface area contributed by atoms with Gasteiger partial charge in [-0.2, -0.15) is 0 Å². The molecule has 0 unspecified atom stereocenters. The summed E-state index contributed by atoms with van der Waals surface area (Å²) < 4.78 is 10.4. The van der Waals surface area contributed by atoms with Crippen molar-refractivity contribution in [2.24, 2.45) is 5.84 Å². The van der Waals surface area contributed by atoms with E-state index in [4.69, 9.17) is 15.3 Å². The summed E-state index contributed by atoms with van der Waals surface area (Å²) in [5.74, 6) is 5.69. The zero-order valence-electron chi connectivity index (χ0n) is 8.69. The second-order valence-electron chi connectivity index (χ2n) is 2.92. The highest BCUT2D eigenvalue weighted by atomic mass is 16.5. The summed E-state index contributed by atoms with van der Waals surface area (Å²) >= 11 is 0. The van der Waals surface area contributed by atoms with Gasteiger partial charge in [0.05, 0.1) is 7.11 Å². The lowest BCUT2D eigenvalue weighted by Gasteiger charge is -2.14. The van der Waals surface area contributed by atoms with Gasteiger partial charge in [0, 0.05) is 0 Å². The van der Waals surface area contributed by atoms with E-state index in [9.17, 15) is 4.79 Å². The molecule has 0 aliphatic heterocycles. The minimum absolute atomic E-state index is 0.388. The molecule has 0 bridgehead atoms. The molecule has 0 saturated carbocycles. The Bertz CT molecular complexity index is 341. The highest BCUT2D eigenvalue weighted by Gasteiger charge is 2.14. The normalized spacial score (nSPS) is 11.7. The van der Waals surface area contributed by atoms with Crippen LogP contribution < -0.4 is 20.7 Å². The third kappa shape index (κ3) is 2.85. The number of hydrogen-bond donors (Lipinski definition) is 2. The van der Waals surface area contributed by atoms with Gasteiger partial charge in [-0.1, -0.05) is 12.1 Å². The molecule has 82 valence electrons. The first-order valence-electron chi connectivity index (χ1n) is 4.49. The van der Waals surface area contributed by atoms with Crippen LogP contribution in [0, 0.1) is 0 Å². The van der Waals surface area contributed by atoms with Crippen LogP contribution in [0.15, 0.2) is 24.3 Å². The van der Waals surface area contributed by atoms with Gasteiger partial charge < -0.3 is 9.47 Å². The van der Waals surface area contributed by atoms with Gasteiger partial charge in [0.2, 0.25) is 0 Å². The van der Waals surface area contributed by atoms with E-state index in [2.05, 4.69) is 0 Å². The molecule has 3 N–H and O–H groups in total. The van der Waals surface area contributed by atoms with E-state index in [-0.39, 0.29) is 5.91 Å². The summed E-state index contributed by atoms with van der Waals surface area (Å²) in [6.07, 6.45) is -0.661. The molecule has 0 aliphatic rings. The average Bonchev–Trinajstić information content (AvgIpc) is 2.28. The SMILES string of the molecule is COc1ccccc1O[C@H](C)C(=O)NN. The molecule has 5 heteroatoms. The second kappa shape index (κ2) is 5.21. The lowest BCUT2D eigenvalue weighted by Crippen LogP contribution is -2.40. The number of carbonyl (C=O) groups excluding carboxylic acids is 1. The summed E-state index contributed by atoms with van der Waals surface area (Å²) in [6, 6.07) is 7.09. The van der Waals surface area contributed by atoms with E-state index in [0.717, 1.165) is 0 Å². The van der Waals surface area contributed by atoms with Crippen LogP contribution in [0.4, 0.5) is 0 Å². The number of methoxy groups -OCH3 is 1. The van der Waals surface area contributed by atoms with Gasteiger partial charge in [-0.25, -0.2) is 5.84 Å². The molecular formula is C10H14N2O3. The highest BCUT2D eigenvalue weighted by Crippen LogP contribution is 2.26. The van der Waals surface area contributed by atoms with Crippen molar-refractivity contribution in [1.82, 2.24) is 5.43 Å². The van der Waals surface area contributed by atoms with E-state index in [1.54, 1.807) is 25.1 Å². The van der Waals surface area contributed by atoms with Crippen molar-refractivity contribution < 1.29 is 14.3 Å². The van der Waals surface area contributed by atoms with Crippen LogP contribution in [0.5, 0.6) is 11.5 Å². The summed E-state index contributed by atoms with van der Waals surface area (Å²) in [7, 11) is 1.54. The maximum absolute atomic E-state index is 11.1. The standard InChI is InChI=1S/C10H14N2O3/c1-7(10(13)12-11)15-9-6-4-3-5-8(9)14-2/h3-7H,11H2,1-2H3,(H,12,13)/t7-/m1/s1. The van der Waals surface area contributed by atoms with Crippen LogP contribution in [0.25, 0.3) is 0 Å². The fraction of sp³-hybridized carbons (Fsp3) is 0.300. The van der Waals surface area contributed by atoms with Crippen LogP contribution in [-0.2, 0) is 4.79 Å². The predicted octanol–water partition coefficient (Wildman–Crippen LogP) is 0.452. The Morgan fingerprint density at radius 2 is 2.00 bits per heavy atom. The Balaban J connectivity index is 2.75. The van der Waals surface area contributed by atoms with Crippen LogP contribution in [0.1, 0.15) is 6.92 Å². The molecule has 1 rings (SSSR count). The molecule has 1 atom stereocenters. The molecule has 0 fully saturated rings. The number of carbonyl (C=O) groups is 1. The van der Waals surface area contributed by atoms with Crippen molar-refractivity contribution in [2.45, 2.75) is 13.0 Å². The van der Waals surface area contributed by atoms with Crippen molar-refractivity contribution >= 4 is 5.91 Å². The Kier molecular flexibility index (Phi) is 3.93. The van der Waals surface area contributed by atoms with Gasteiger partial charge in [-0.15, -0.1) is 0 Å². The fourth-order valence-corrected chi connectivity index (χ4v) is 1.08. The van der Waals surface area contributed by atoms with Crippen molar-refractivity contribution in [3.05, 3.63) is 24.3 Å². The van der Waals surface area contributed by atoms with Crippen molar-refractivity contribution in [3.63, 3.8) is 0 Å². The zero-order valence-corrected chi connectivity index (χ0v) is 8.69. The zero-order chi connectivity index (χ0) is 11.3. The fourth-order valence-electron chi connectivity index (χ4n) is 1.08. The number of ether oxygens (including phenoxy) is 2. The topological polar surface area (TPSA) is 73.6 Å². The lowest BCUT2D eigenvalue weighted by atomic mass is 10.3. The smallest absolute Gasteiger partial charge is 0.274 e. The summed E-state index contributed by atoms with van der Waals surface area (Å²) in [4.78, 5) is 11.1. The number of para-hydroxylation sites is 2. The Morgan fingerprint density at radius 3 is 2.53 bits per heavy atom. The van der Waals surface area contributed by atoms with Crippen molar-refractivity contribution in [2.75, 3.05) is 7.11 Å². The molecule has 0 radical (unpaired) electrons. The molecule has 0 heterocycles. The molecule has 1 aromatic carbocycles. The monoisotopic (exact) mass is 210 g/mol. The molecule has 0 aromatic heterocycles. The van der Waals surface area contributed by atoms with Gasteiger partial charge in [0.25, 0.3) is 5.91 Å². The molecular weight excluding hydrogens is 196 g/mol. The minimum atomic E-state index is -0.661. The summed E-state index contributed by atoms with van der Waals surface area (Å²) in [6.45, 7) is 1.61. The van der Waals surface area contributed by atoms with E-state index in [0.29, 0.717) is 11.5 Å². The Morgan fingerprint density at radius 1 is 1.40 bits per heavy atom. The van der Waals surface area contributed by atoms with Gasteiger partial charge >= 0.3 is 0 Å². The summed E-state index contributed by atoms with van der Waals surface area (Å²) in [5, 5.41) is 0. The van der Waals surface area contributed by atoms with E-state index in [1.807, 2.05) is 11.5 Å². The van der Waals surface area contributed by atoms with Crippen molar-refractivity contribution in [3.8, 4) is 11.5 Å². The van der Waals surface area contributed by atoms with Crippen LogP contribution in [0.2, 0.25) is 0 Å². The average molecular weight is 210 g/mol.